The van der Waals surface area contributed by atoms with Gasteiger partial charge in [-0.3, -0.25) is 4.79 Å². The molecule has 1 fully saturated rings. The first kappa shape index (κ1) is 13.5. The van der Waals surface area contributed by atoms with Crippen LogP contribution < -0.4 is 5.56 Å². The van der Waals surface area contributed by atoms with Gasteiger partial charge in [-0.15, -0.1) is 0 Å². The van der Waals surface area contributed by atoms with Crippen LogP contribution in [0.3, 0.4) is 0 Å². The summed E-state index contributed by atoms with van der Waals surface area (Å²) in [7, 11) is 1.58. The summed E-state index contributed by atoms with van der Waals surface area (Å²) in [5.41, 5.74) is 2.70. The zero-order chi connectivity index (χ0) is 14.1. The fraction of sp³-hybridized carbons (Fsp3) is 0.333. The monoisotopic (exact) mass is 334 g/mol. The molecule has 3 rings (SSSR count). The number of aromatic amines is 1. The minimum Gasteiger partial charge on any atom is -0.378 e. The Bertz CT molecular complexity index is 675. The average molecular weight is 335 g/mol. The van der Waals surface area contributed by atoms with Crippen LogP contribution in [0.2, 0.25) is 0 Å². The van der Waals surface area contributed by atoms with E-state index in [0.29, 0.717) is 22.6 Å². The van der Waals surface area contributed by atoms with E-state index in [2.05, 4.69) is 38.0 Å². The quantitative estimate of drug-likeness (QED) is 0.933. The molecule has 1 N–H and O–H groups in total. The topological polar surface area (TPSA) is 55.0 Å². The van der Waals surface area contributed by atoms with Crippen LogP contribution in [-0.2, 0) is 11.3 Å². The van der Waals surface area contributed by atoms with Crippen LogP contribution in [0.25, 0.3) is 11.4 Å². The molecule has 4 nitrogen and oxygen atoms in total. The molecule has 5 heteroatoms. The predicted octanol–water partition coefficient (Wildman–Crippen LogP) is 3.22. The molecule has 20 heavy (non-hydrogen) atoms. The summed E-state index contributed by atoms with van der Waals surface area (Å²) < 4.78 is 5.50. The SMILES string of the molecule is COCc1nc(-c2ccc(C3CC3)cc2)[nH]c(=O)c1Br. The number of halogens is 1. The van der Waals surface area contributed by atoms with Crippen LogP contribution in [0.4, 0.5) is 0 Å². The summed E-state index contributed by atoms with van der Waals surface area (Å²) in [5.74, 6) is 1.30. The lowest BCUT2D eigenvalue weighted by molar-refractivity contribution is 0.180. The lowest BCUT2D eigenvalue weighted by Crippen LogP contribution is -2.14. The van der Waals surface area contributed by atoms with Gasteiger partial charge in [0.25, 0.3) is 5.56 Å². The van der Waals surface area contributed by atoms with Crippen LogP contribution in [0, 0.1) is 0 Å². The number of rotatable bonds is 4. The van der Waals surface area contributed by atoms with Crippen LogP contribution in [0.5, 0.6) is 0 Å². The van der Waals surface area contributed by atoms with Crippen molar-refractivity contribution in [1.29, 1.82) is 0 Å². The van der Waals surface area contributed by atoms with Crippen molar-refractivity contribution in [2.24, 2.45) is 0 Å². The lowest BCUT2D eigenvalue weighted by atomic mass is 10.1. The Morgan fingerprint density at radius 3 is 2.65 bits per heavy atom. The third-order valence-corrected chi connectivity index (χ3v) is 4.26. The van der Waals surface area contributed by atoms with Crippen molar-refractivity contribution in [3.8, 4) is 11.4 Å². The summed E-state index contributed by atoms with van der Waals surface area (Å²) in [4.78, 5) is 19.1. The lowest BCUT2D eigenvalue weighted by Gasteiger charge is -2.07. The van der Waals surface area contributed by atoms with E-state index in [1.54, 1.807) is 7.11 Å². The second kappa shape index (κ2) is 5.50. The number of benzene rings is 1. The van der Waals surface area contributed by atoms with E-state index in [1.807, 2.05) is 12.1 Å². The molecule has 0 atom stereocenters. The van der Waals surface area contributed by atoms with Gasteiger partial charge in [0.15, 0.2) is 0 Å². The van der Waals surface area contributed by atoms with Gasteiger partial charge in [0.05, 0.1) is 12.3 Å². The summed E-state index contributed by atoms with van der Waals surface area (Å²) in [5, 5.41) is 0. The Morgan fingerprint density at radius 2 is 2.05 bits per heavy atom. The zero-order valence-corrected chi connectivity index (χ0v) is 12.7. The van der Waals surface area contributed by atoms with Crippen molar-refractivity contribution in [2.45, 2.75) is 25.4 Å². The number of nitrogens with zero attached hydrogens (tertiary/aromatic N) is 1. The molecule has 1 aliphatic rings. The van der Waals surface area contributed by atoms with E-state index in [4.69, 9.17) is 4.74 Å². The van der Waals surface area contributed by atoms with Crippen molar-refractivity contribution < 1.29 is 4.74 Å². The smallest absolute Gasteiger partial charge is 0.265 e. The van der Waals surface area contributed by atoms with E-state index < -0.39 is 0 Å². The van der Waals surface area contributed by atoms with E-state index in [0.717, 1.165) is 11.5 Å². The van der Waals surface area contributed by atoms with Gasteiger partial charge in [0.1, 0.15) is 10.3 Å². The molecule has 104 valence electrons. The van der Waals surface area contributed by atoms with Crippen molar-refractivity contribution in [1.82, 2.24) is 9.97 Å². The summed E-state index contributed by atoms with van der Waals surface area (Å²) in [6, 6.07) is 8.25. The van der Waals surface area contributed by atoms with Crippen LogP contribution in [0.15, 0.2) is 33.5 Å². The molecular weight excluding hydrogens is 320 g/mol. The standard InChI is InChI=1S/C15H15BrN2O2/c1-20-8-12-13(16)15(19)18-14(17-12)11-6-4-10(5-7-11)9-2-3-9/h4-7,9H,2-3,8H2,1H3,(H,17,18,19). The average Bonchev–Trinajstić information content (AvgIpc) is 3.29. The molecule has 0 saturated heterocycles. The number of ether oxygens (including phenoxy) is 1. The predicted molar refractivity (Wildman–Crippen MR) is 80.7 cm³/mol. The molecule has 0 spiro atoms. The maximum atomic E-state index is 11.9. The highest BCUT2D eigenvalue weighted by molar-refractivity contribution is 9.10. The second-order valence-electron chi connectivity index (χ2n) is 5.00. The van der Waals surface area contributed by atoms with Gasteiger partial charge >= 0.3 is 0 Å². The van der Waals surface area contributed by atoms with E-state index >= 15 is 0 Å². The van der Waals surface area contributed by atoms with Gasteiger partial charge in [-0.2, -0.15) is 0 Å². The van der Waals surface area contributed by atoms with Gasteiger partial charge in [-0.05, 0) is 40.3 Å². The van der Waals surface area contributed by atoms with Gasteiger partial charge in [-0.25, -0.2) is 4.98 Å². The van der Waals surface area contributed by atoms with Crippen LogP contribution in [-0.4, -0.2) is 17.1 Å². The number of aromatic nitrogens is 2. The van der Waals surface area contributed by atoms with Crippen molar-refractivity contribution in [2.75, 3.05) is 7.11 Å². The van der Waals surface area contributed by atoms with Crippen molar-refractivity contribution in [3.05, 3.63) is 50.3 Å². The third kappa shape index (κ3) is 2.69. The Hall–Kier alpha value is -1.46. The highest BCUT2D eigenvalue weighted by Gasteiger charge is 2.23. The first-order valence-corrected chi connectivity index (χ1v) is 7.36. The minimum atomic E-state index is -0.187. The highest BCUT2D eigenvalue weighted by Crippen LogP contribution is 2.40. The third-order valence-electron chi connectivity index (χ3n) is 3.45. The minimum absolute atomic E-state index is 0.187. The molecule has 1 aromatic carbocycles. The molecule has 0 radical (unpaired) electrons. The van der Waals surface area contributed by atoms with Crippen LogP contribution >= 0.6 is 15.9 Å². The summed E-state index contributed by atoms with van der Waals surface area (Å²) in [6.07, 6.45) is 2.56. The normalized spacial score (nSPS) is 14.5. The molecule has 0 amide bonds. The van der Waals surface area contributed by atoms with Crippen molar-refractivity contribution in [3.63, 3.8) is 0 Å². The number of hydrogen-bond acceptors (Lipinski definition) is 3. The van der Waals surface area contributed by atoms with Gasteiger partial charge < -0.3 is 9.72 Å². The Morgan fingerprint density at radius 1 is 1.35 bits per heavy atom. The number of nitrogens with one attached hydrogen (secondary N) is 1. The van der Waals surface area contributed by atoms with Crippen LogP contribution in [0.1, 0.15) is 30.0 Å². The Balaban J connectivity index is 1.98. The molecule has 0 unspecified atom stereocenters. The highest BCUT2D eigenvalue weighted by atomic mass is 79.9. The largest absolute Gasteiger partial charge is 0.378 e. The molecule has 1 saturated carbocycles. The molecule has 1 heterocycles. The van der Waals surface area contributed by atoms with E-state index in [-0.39, 0.29) is 5.56 Å². The summed E-state index contributed by atoms with van der Waals surface area (Å²) in [6.45, 7) is 0.303. The molecule has 0 bridgehead atoms. The first-order chi connectivity index (χ1) is 9.69. The summed E-state index contributed by atoms with van der Waals surface area (Å²) >= 11 is 3.24. The molecule has 0 aliphatic heterocycles. The second-order valence-corrected chi connectivity index (χ2v) is 5.80. The fourth-order valence-electron chi connectivity index (χ4n) is 2.20. The first-order valence-electron chi connectivity index (χ1n) is 6.57. The number of methoxy groups -OCH3 is 1. The maximum Gasteiger partial charge on any atom is 0.265 e. The maximum absolute atomic E-state index is 11.9. The molecular formula is C15H15BrN2O2. The Kier molecular flexibility index (Phi) is 3.72. The molecule has 1 aromatic heterocycles. The van der Waals surface area contributed by atoms with E-state index in [1.165, 1.54) is 18.4 Å². The van der Waals surface area contributed by atoms with Gasteiger partial charge in [-0.1, -0.05) is 24.3 Å². The van der Waals surface area contributed by atoms with E-state index in [9.17, 15) is 4.79 Å². The fourth-order valence-corrected chi connectivity index (χ4v) is 2.51. The molecule has 2 aromatic rings. The Labute approximate surface area is 125 Å². The number of hydrogen-bond donors (Lipinski definition) is 1. The van der Waals surface area contributed by atoms with Gasteiger partial charge in [0.2, 0.25) is 0 Å². The van der Waals surface area contributed by atoms with Crippen molar-refractivity contribution >= 4 is 15.9 Å². The zero-order valence-electron chi connectivity index (χ0n) is 11.1. The number of H-pyrrole nitrogens is 1. The van der Waals surface area contributed by atoms with Gasteiger partial charge in [0, 0.05) is 12.7 Å². The molecule has 1 aliphatic carbocycles.